The van der Waals surface area contributed by atoms with Crippen LogP contribution in [0.2, 0.25) is 10.0 Å². The van der Waals surface area contributed by atoms with Gasteiger partial charge in [0, 0.05) is 28.8 Å². The third-order valence-corrected chi connectivity index (χ3v) is 3.83. The molecule has 0 unspecified atom stereocenters. The minimum Gasteiger partial charge on any atom is -0.481 e. The molecule has 0 aromatic heterocycles. The molecule has 1 heterocycles. The van der Waals surface area contributed by atoms with Gasteiger partial charge in [0.25, 0.3) is 0 Å². The van der Waals surface area contributed by atoms with Gasteiger partial charge in [-0.2, -0.15) is 0 Å². The van der Waals surface area contributed by atoms with Crippen LogP contribution in [0.3, 0.4) is 0 Å². The molecule has 17 heavy (non-hydrogen) atoms. The van der Waals surface area contributed by atoms with Gasteiger partial charge in [-0.15, -0.1) is 0 Å². The molecule has 0 bridgehead atoms. The zero-order valence-electron chi connectivity index (χ0n) is 9.08. The van der Waals surface area contributed by atoms with E-state index in [1.54, 1.807) is 18.2 Å². The van der Waals surface area contributed by atoms with Crippen LogP contribution in [0.25, 0.3) is 0 Å². The Kier molecular flexibility index (Phi) is 3.61. The van der Waals surface area contributed by atoms with E-state index in [-0.39, 0.29) is 0 Å². The van der Waals surface area contributed by atoms with Gasteiger partial charge in [0.2, 0.25) is 0 Å². The number of rotatable bonds is 2. The number of carboxylic acid groups (broad SMARTS) is 1. The highest BCUT2D eigenvalue weighted by Crippen LogP contribution is 2.42. The summed E-state index contributed by atoms with van der Waals surface area (Å²) in [5.74, 6) is -0.893. The van der Waals surface area contributed by atoms with Crippen molar-refractivity contribution in [2.45, 2.75) is 18.3 Å². The summed E-state index contributed by atoms with van der Waals surface area (Å²) in [5, 5.41) is 10.3. The van der Waals surface area contributed by atoms with Gasteiger partial charge in [0.15, 0.2) is 0 Å². The third-order valence-electron chi connectivity index (χ3n) is 3.20. The fourth-order valence-corrected chi connectivity index (χ4v) is 3.00. The molecule has 1 aliphatic rings. The maximum absolute atomic E-state index is 11.6. The van der Waals surface area contributed by atoms with Gasteiger partial charge in [-0.3, -0.25) is 4.79 Å². The smallest absolute Gasteiger partial charge is 0.314 e. The predicted octanol–water partition coefficient (Wildman–Crippen LogP) is 3.13. The molecule has 1 saturated heterocycles. The van der Waals surface area contributed by atoms with Crippen LogP contribution in [0.5, 0.6) is 0 Å². The normalized spacial score (nSPS) is 18.9. The zero-order valence-corrected chi connectivity index (χ0v) is 10.6. The van der Waals surface area contributed by atoms with E-state index in [0.29, 0.717) is 41.7 Å². The van der Waals surface area contributed by atoms with Crippen molar-refractivity contribution in [2.75, 3.05) is 13.2 Å². The van der Waals surface area contributed by atoms with E-state index < -0.39 is 11.4 Å². The van der Waals surface area contributed by atoms with E-state index >= 15 is 0 Å². The predicted molar refractivity (Wildman–Crippen MR) is 65.8 cm³/mol. The lowest BCUT2D eigenvalue weighted by Gasteiger charge is -2.34. The molecule has 0 saturated carbocycles. The summed E-state index contributed by atoms with van der Waals surface area (Å²) in [4.78, 5) is 11.6. The first-order chi connectivity index (χ1) is 8.08. The van der Waals surface area contributed by atoms with E-state index in [2.05, 4.69) is 0 Å². The van der Waals surface area contributed by atoms with Crippen LogP contribution in [0.4, 0.5) is 0 Å². The molecule has 1 aromatic carbocycles. The van der Waals surface area contributed by atoms with E-state index in [4.69, 9.17) is 27.9 Å². The van der Waals surface area contributed by atoms with Gasteiger partial charge >= 0.3 is 5.97 Å². The van der Waals surface area contributed by atoms with Crippen LogP contribution in [0, 0.1) is 0 Å². The number of hydrogen-bond donors (Lipinski definition) is 1. The monoisotopic (exact) mass is 274 g/mol. The Morgan fingerprint density at radius 1 is 1.24 bits per heavy atom. The Bertz CT molecular complexity index is 419. The third kappa shape index (κ3) is 2.15. The molecule has 2 rings (SSSR count). The molecule has 0 radical (unpaired) electrons. The van der Waals surface area contributed by atoms with Crippen LogP contribution in [0.15, 0.2) is 18.2 Å². The highest BCUT2D eigenvalue weighted by Gasteiger charge is 2.44. The van der Waals surface area contributed by atoms with Crippen molar-refractivity contribution < 1.29 is 14.6 Å². The molecule has 5 heteroatoms. The average Bonchev–Trinajstić information content (AvgIpc) is 2.29. The lowest BCUT2D eigenvalue weighted by molar-refractivity contribution is -0.147. The molecule has 1 fully saturated rings. The number of carboxylic acids is 1. The van der Waals surface area contributed by atoms with Gasteiger partial charge in [-0.1, -0.05) is 29.3 Å². The molecule has 0 aliphatic carbocycles. The number of carbonyl (C=O) groups is 1. The van der Waals surface area contributed by atoms with Crippen molar-refractivity contribution in [1.82, 2.24) is 0 Å². The Balaban J connectivity index is 2.56. The number of hydrogen-bond acceptors (Lipinski definition) is 2. The average molecular weight is 275 g/mol. The Morgan fingerprint density at radius 3 is 2.24 bits per heavy atom. The van der Waals surface area contributed by atoms with Crippen LogP contribution >= 0.6 is 23.2 Å². The largest absolute Gasteiger partial charge is 0.481 e. The van der Waals surface area contributed by atoms with E-state index in [1.807, 2.05) is 0 Å². The van der Waals surface area contributed by atoms with Gasteiger partial charge in [0.05, 0.1) is 5.41 Å². The number of aliphatic carboxylic acids is 1. The first-order valence-corrected chi connectivity index (χ1v) is 6.09. The summed E-state index contributed by atoms with van der Waals surface area (Å²) in [7, 11) is 0. The number of benzene rings is 1. The topological polar surface area (TPSA) is 46.5 Å². The second kappa shape index (κ2) is 4.84. The fourth-order valence-electron chi connectivity index (χ4n) is 2.25. The molecule has 0 spiro atoms. The summed E-state index contributed by atoms with van der Waals surface area (Å²) < 4.78 is 5.23. The summed E-state index contributed by atoms with van der Waals surface area (Å²) >= 11 is 12.2. The maximum atomic E-state index is 11.6. The summed E-state index contributed by atoms with van der Waals surface area (Å²) in [6, 6.07) is 5.05. The minimum atomic E-state index is -1.02. The minimum absolute atomic E-state index is 0.395. The second-order valence-electron chi connectivity index (χ2n) is 4.10. The van der Waals surface area contributed by atoms with Crippen molar-refractivity contribution in [2.24, 2.45) is 0 Å². The molecule has 1 aliphatic heterocycles. The van der Waals surface area contributed by atoms with Crippen molar-refractivity contribution in [3.8, 4) is 0 Å². The SMILES string of the molecule is O=C(O)C1(c2c(Cl)cccc2Cl)CCOCC1. The summed E-state index contributed by atoms with van der Waals surface area (Å²) in [6.45, 7) is 0.821. The molecule has 0 amide bonds. The summed E-state index contributed by atoms with van der Waals surface area (Å²) in [5.41, 5.74) is -0.507. The quantitative estimate of drug-likeness (QED) is 0.902. The van der Waals surface area contributed by atoms with E-state index in [0.717, 1.165) is 0 Å². The van der Waals surface area contributed by atoms with Crippen LogP contribution < -0.4 is 0 Å². The van der Waals surface area contributed by atoms with Crippen molar-refractivity contribution in [1.29, 1.82) is 0 Å². The molecule has 92 valence electrons. The molecular formula is C12H12Cl2O3. The Labute approximate surface area is 109 Å². The lowest BCUT2D eigenvalue weighted by Crippen LogP contribution is -2.41. The van der Waals surface area contributed by atoms with Gasteiger partial charge < -0.3 is 9.84 Å². The van der Waals surface area contributed by atoms with Crippen molar-refractivity contribution >= 4 is 29.2 Å². The maximum Gasteiger partial charge on any atom is 0.314 e. The standard InChI is InChI=1S/C12H12Cl2O3/c13-8-2-1-3-9(14)10(8)12(11(15)16)4-6-17-7-5-12/h1-3H,4-7H2,(H,15,16). The van der Waals surface area contributed by atoms with Crippen LogP contribution in [0.1, 0.15) is 18.4 Å². The lowest BCUT2D eigenvalue weighted by atomic mass is 9.74. The number of ether oxygens (including phenoxy) is 1. The van der Waals surface area contributed by atoms with Crippen LogP contribution in [-0.2, 0) is 14.9 Å². The first-order valence-electron chi connectivity index (χ1n) is 5.33. The highest BCUT2D eigenvalue weighted by atomic mass is 35.5. The molecular weight excluding hydrogens is 263 g/mol. The Morgan fingerprint density at radius 2 is 1.76 bits per heavy atom. The molecule has 3 nitrogen and oxygen atoms in total. The second-order valence-corrected chi connectivity index (χ2v) is 4.91. The van der Waals surface area contributed by atoms with E-state index in [1.165, 1.54) is 0 Å². The van der Waals surface area contributed by atoms with E-state index in [9.17, 15) is 9.90 Å². The summed E-state index contributed by atoms with van der Waals surface area (Å²) in [6.07, 6.45) is 0.789. The Hall–Kier alpha value is -0.770. The number of halogens is 2. The first kappa shape index (κ1) is 12.7. The van der Waals surface area contributed by atoms with Gasteiger partial charge in [-0.05, 0) is 25.0 Å². The van der Waals surface area contributed by atoms with Gasteiger partial charge in [0.1, 0.15) is 0 Å². The highest BCUT2D eigenvalue weighted by molar-refractivity contribution is 6.36. The fraction of sp³-hybridized carbons (Fsp3) is 0.417. The van der Waals surface area contributed by atoms with Crippen LogP contribution in [-0.4, -0.2) is 24.3 Å². The zero-order chi connectivity index (χ0) is 12.5. The van der Waals surface area contributed by atoms with Crippen molar-refractivity contribution in [3.05, 3.63) is 33.8 Å². The molecule has 1 aromatic rings. The molecule has 1 N–H and O–H groups in total. The molecule has 0 atom stereocenters. The van der Waals surface area contributed by atoms with Gasteiger partial charge in [-0.25, -0.2) is 0 Å². The van der Waals surface area contributed by atoms with Crippen molar-refractivity contribution in [3.63, 3.8) is 0 Å².